The summed E-state index contributed by atoms with van der Waals surface area (Å²) in [5.74, 6) is 1.72. The van der Waals surface area contributed by atoms with Crippen molar-refractivity contribution in [3.63, 3.8) is 0 Å². The minimum atomic E-state index is 0.835. The van der Waals surface area contributed by atoms with E-state index in [-0.39, 0.29) is 0 Å². The standard InChI is InChI=1S/C11H25N/c1-5-10(3)7-8-12-9-11(4)6-2/h10-12H,5-9H2,1-4H3. The van der Waals surface area contributed by atoms with Crippen molar-refractivity contribution in [1.29, 1.82) is 0 Å². The highest BCUT2D eigenvalue weighted by Crippen LogP contribution is 2.04. The number of nitrogens with one attached hydrogen (secondary N) is 1. The highest BCUT2D eigenvalue weighted by molar-refractivity contribution is 4.57. The SMILES string of the molecule is CCC(C)CCNCC(C)CC. The van der Waals surface area contributed by atoms with Gasteiger partial charge in [-0.25, -0.2) is 0 Å². The summed E-state index contributed by atoms with van der Waals surface area (Å²) in [5, 5.41) is 3.50. The van der Waals surface area contributed by atoms with Gasteiger partial charge in [0.1, 0.15) is 0 Å². The maximum Gasteiger partial charge on any atom is -0.00233 e. The van der Waals surface area contributed by atoms with Crippen LogP contribution in [0.4, 0.5) is 0 Å². The van der Waals surface area contributed by atoms with E-state index in [0.717, 1.165) is 11.8 Å². The predicted octanol–water partition coefficient (Wildman–Crippen LogP) is 3.06. The molecule has 0 aromatic heterocycles. The Morgan fingerprint density at radius 2 is 1.58 bits per heavy atom. The van der Waals surface area contributed by atoms with E-state index < -0.39 is 0 Å². The average molecular weight is 171 g/mol. The van der Waals surface area contributed by atoms with Gasteiger partial charge < -0.3 is 5.32 Å². The maximum atomic E-state index is 3.50. The molecular weight excluding hydrogens is 146 g/mol. The van der Waals surface area contributed by atoms with E-state index in [4.69, 9.17) is 0 Å². The molecule has 0 aliphatic carbocycles. The van der Waals surface area contributed by atoms with Crippen molar-refractivity contribution in [2.45, 2.75) is 47.0 Å². The quantitative estimate of drug-likeness (QED) is 0.580. The summed E-state index contributed by atoms with van der Waals surface area (Å²) in [5.41, 5.74) is 0. The van der Waals surface area contributed by atoms with Crippen LogP contribution in [0.1, 0.15) is 47.0 Å². The minimum Gasteiger partial charge on any atom is -0.316 e. The Bertz CT molecular complexity index is 79.0. The van der Waals surface area contributed by atoms with Crippen molar-refractivity contribution in [2.75, 3.05) is 13.1 Å². The van der Waals surface area contributed by atoms with E-state index in [0.29, 0.717) is 0 Å². The predicted molar refractivity (Wildman–Crippen MR) is 56.4 cm³/mol. The van der Waals surface area contributed by atoms with Crippen LogP contribution in [0.25, 0.3) is 0 Å². The summed E-state index contributed by atoms with van der Waals surface area (Å²) < 4.78 is 0. The van der Waals surface area contributed by atoms with Gasteiger partial charge in [0.2, 0.25) is 0 Å². The van der Waals surface area contributed by atoms with Crippen LogP contribution in [0, 0.1) is 11.8 Å². The molecule has 74 valence electrons. The fourth-order valence-electron chi connectivity index (χ4n) is 1.05. The topological polar surface area (TPSA) is 12.0 Å². The molecule has 0 aliphatic rings. The molecule has 0 spiro atoms. The molecule has 0 fully saturated rings. The molecule has 0 heterocycles. The van der Waals surface area contributed by atoms with E-state index in [1.54, 1.807) is 0 Å². The lowest BCUT2D eigenvalue weighted by atomic mass is 10.1. The molecule has 12 heavy (non-hydrogen) atoms. The van der Waals surface area contributed by atoms with Crippen molar-refractivity contribution in [1.82, 2.24) is 5.32 Å². The van der Waals surface area contributed by atoms with E-state index >= 15 is 0 Å². The Hall–Kier alpha value is -0.0400. The van der Waals surface area contributed by atoms with Crippen LogP contribution in [0.15, 0.2) is 0 Å². The second-order valence-electron chi connectivity index (χ2n) is 4.02. The van der Waals surface area contributed by atoms with Gasteiger partial charge in [0, 0.05) is 0 Å². The second-order valence-corrected chi connectivity index (χ2v) is 4.02. The van der Waals surface area contributed by atoms with Crippen molar-refractivity contribution in [3.8, 4) is 0 Å². The molecular formula is C11H25N. The maximum absolute atomic E-state index is 3.50. The molecule has 1 nitrogen and oxygen atoms in total. The molecule has 0 amide bonds. The lowest BCUT2D eigenvalue weighted by Gasteiger charge is -2.12. The largest absolute Gasteiger partial charge is 0.316 e. The molecule has 0 aromatic carbocycles. The van der Waals surface area contributed by atoms with E-state index in [9.17, 15) is 0 Å². The van der Waals surface area contributed by atoms with Gasteiger partial charge in [-0.15, -0.1) is 0 Å². The van der Waals surface area contributed by atoms with Crippen LogP contribution in [0.5, 0.6) is 0 Å². The van der Waals surface area contributed by atoms with Gasteiger partial charge in [-0.2, -0.15) is 0 Å². The molecule has 2 atom stereocenters. The van der Waals surface area contributed by atoms with E-state index in [1.807, 2.05) is 0 Å². The van der Waals surface area contributed by atoms with E-state index in [2.05, 4.69) is 33.0 Å². The Labute approximate surface area is 77.9 Å². The highest BCUT2D eigenvalue weighted by atomic mass is 14.8. The molecule has 0 radical (unpaired) electrons. The molecule has 1 heteroatoms. The summed E-state index contributed by atoms with van der Waals surface area (Å²) in [4.78, 5) is 0. The van der Waals surface area contributed by atoms with E-state index in [1.165, 1.54) is 32.4 Å². The molecule has 0 saturated heterocycles. The third-order valence-electron chi connectivity index (χ3n) is 2.70. The van der Waals surface area contributed by atoms with Gasteiger partial charge in [-0.05, 0) is 31.3 Å². The zero-order valence-electron chi connectivity index (χ0n) is 9.19. The lowest BCUT2D eigenvalue weighted by Crippen LogP contribution is -2.23. The Kier molecular flexibility index (Phi) is 7.58. The van der Waals surface area contributed by atoms with Crippen LogP contribution in [-0.2, 0) is 0 Å². The third kappa shape index (κ3) is 6.66. The lowest BCUT2D eigenvalue weighted by molar-refractivity contribution is 0.450. The van der Waals surface area contributed by atoms with Crippen molar-refractivity contribution in [2.24, 2.45) is 11.8 Å². The van der Waals surface area contributed by atoms with Gasteiger partial charge >= 0.3 is 0 Å². The molecule has 0 saturated carbocycles. The summed E-state index contributed by atoms with van der Waals surface area (Å²) in [7, 11) is 0. The number of rotatable bonds is 7. The first-order valence-electron chi connectivity index (χ1n) is 5.41. The first-order chi connectivity index (χ1) is 5.70. The first-order valence-corrected chi connectivity index (χ1v) is 5.41. The van der Waals surface area contributed by atoms with Crippen molar-refractivity contribution in [3.05, 3.63) is 0 Å². The van der Waals surface area contributed by atoms with Gasteiger partial charge in [0.25, 0.3) is 0 Å². The fourth-order valence-corrected chi connectivity index (χ4v) is 1.05. The Balaban J connectivity index is 3.10. The molecule has 2 unspecified atom stereocenters. The van der Waals surface area contributed by atoms with Gasteiger partial charge in [0.05, 0.1) is 0 Å². The van der Waals surface area contributed by atoms with Crippen molar-refractivity contribution < 1.29 is 0 Å². The normalized spacial score (nSPS) is 16.0. The summed E-state index contributed by atoms with van der Waals surface area (Å²) in [6, 6.07) is 0. The Morgan fingerprint density at radius 1 is 1.00 bits per heavy atom. The smallest absolute Gasteiger partial charge is 0.00233 e. The van der Waals surface area contributed by atoms with Crippen LogP contribution >= 0.6 is 0 Å². The fraction of sp³-hybridized carbons (Fsp3) is 1.00. The number of hydrogen-bond donors (Lipinski definition) is 1. The first kappa shape index (κ1) is 12.0. The zero-order chi connectivity index (χ0) is 9.40. The highest BCUT2D eigenvalue weighted by Gasteiger charge is 1.99. The summed E-state index contributed by atoms with van der Waals surface area (Å²) in [6.07, 6.45) is 3.92. The van der Waals surface area contributed by atoms with Crippen LogP contribution in [-0.4, -0.2) is 13.1 Å². The third-order valence-corrected chi connectivity index (χ3v) is 2.70. The molecule has 0 bridgehead atoms. The molecule has 0 rings (SSSR count). The van der Waals surface area contributed by atoms with Gasteiger partial charge in [-0.1, -0.05) is 40.5 Å². The van der Waals surface area contributed by atoms with Gasteiger partial charge in [0.15, 0.2) is 0 Å². The Morgan fingerprint density at radius 3 is 2.08 bits per heavy atom. The molecule has 0 aliphatic heterocycles. The van der Waals surface area contributed by atoms with Crippen LogP contribution in [0.3, 0.4) is 0 Å². The zero-order valence-corrected chi connectivity index (χ0v) is 9.19. The van der Waals surface area contributed by atoms with Crippen LogP contribution < -0.4 is 5.32 Å². The molecule has 1 N–H and O–H groups in total. The second kappa shape index (κ2) is 7.60. The monoisotopic (exact) mass is 171 g/mol. The summed E-state index contributed by atoms with van der Waals surface area (Å²) in [6.45, 7) is 11.5. The van der Waals surface area contributed by atoms with Gasteiger partial charge in [-0.3, -0.25) is 0 Å². The molecule has 0 aromatic rings. The van der Waals surface area contributed by atoms with Crippen LogP contribution in [0.2, 0.25) is 0 Å². The summed E-state index contributed by atoms with van der Waals surface area (Å²) >= 11 is 0. The average Bonchev–Trinajstić information content (AvgIpc) is 2.11. The van der Waals surface area contributed by atoms with Crippen molar-refractivity contribution >= 4 is 0 Å². The minimum absolute atomic E-state index is 0.835. The number of hydrogen-bond acceptors (Lipinski definition) is 1.